The molecule has 106 valence electrons. The minimum atomic E-state index is -0.899. The summed E-state index contributed by atoms with van der Waals surface area (Å²) in [7, 11) is 0.688. The lowest BCUT2D eigenvalue weighted by Gasteiger charge is -2.11. The first-order valence-corrected chi connectivity index (χ1v) is 8.19. The van der Waals surface area contributed by atoms with E-state index in [1.165, 1.54) is 0 Å². The van der Waals surface area contributed by atoms with Crippen LogP contribution in [0.15, 0.2) is 22.7 Å². The van der Waals surface area contributed by atoms with Gasteiger partial charge in [-0.3, -0.25) is 4.21 Å². The first-order valence-electron chi connectivity index (χ1n) is 5.67. The number of urea groups is 1. The lowest BCUT2D eigenvalue weighted by Crippen LogP contribution is -2.37. The number of methoxy groups -OCH3 is 1. The quantitative estimate of drug-likeness (QED) is 0.821. The molecule has 1 rings (SSSR count). The van der Waals surface area contributed by atoms with Crippen LogP contribution in [0.1, 0.15) is 5.56 Å². The Balaban J connectivity index is 2.45. The highest BCUT2D eigenvalue weighted by atomic mass is 79.9. The van der Waals surface area contributed by atoms with Crippen LogP contribution in [-0.4, -0.2) is 35.9 Å². The van der Waals surface area contributed by atoms with Crippen LogP contribution in [0.3, 0.4) is 0 Å². The average Bonchev–Trinajstić information content (AvgIpc) is 2.36. The highest BCUT2D eigenvalue weighted by molar-refractivity contribution is 9.10. The number of rotatable bonds is 6. The fourth-order valence-electron chi connectivity index (χ4n) is 1.43. The van der Waals surface area contributed by atoms with Crippen molar-refractivity contribution in [2.45, 2.75) is 6.54 Å². The highest BCUT2D eigenvalue weighted by Crippen LogP contribution is 2.22. The molecule has 0 radical (unpaired) electrons. The van der Waals surface area contributed by atoms with Crippen LogP contribution in [0, 0.1) is 0 Å². The second-order valence-corrected chi connectivity index (χ2v) is 6.31. The summed E-state index contributed by atoms with van der Waals surface area (Å²) >= 11 is 3.37. The van der Waals surface area contributed by atoms with Gasteiger partial charge in [0.1, 0.15) is 5.75 Å². The van der Waals surface area contributed by atoms with Gasteiger partial charge in [-0.05, 0) is 18.2 Å². The number of carbonyl (C=O) groups is 1. The van der Waals surface area contributed by atoms with Crippen LogP contribution in [0.25, 0.3) is 0 Å². The largest absolute Gasteiger partial charge is 0.496 e. The van der Waals surface area contributed by atoms with Gasteiger partial charge in [0.25, 0.3) is 0 Å². The summed E-state index contributed by atoms with van der Waals surface area (Å²) in [5, 5.41) is 5.37. The van der Waals surface area contributed by atoms with E-state index in [-0.39, 0.29) is 6.03 Å². The summed E-state index contributed by atoms with van der Waals surface area (Å²) in [6.07, 6.45) is 1.60. The lowest BCUT2D eigenvalue weighted by molar-refractivity contribution is 0.241. The van der Waals surface area contributed by atoms with E-state index in [2.05, 4.69) is 26.6 Å². The molecule has 0 heterocycles. The van der Waals surface area contributed by atoms with Crippen molar-refractivity contribution in [3.63, 3.8) is 0 Å². The van der Waals surface area contributed by atoms with E-state index in [1.807, 2.05) is 18.2 Å². The fourth-order valence-corrected chi connectivity index (χ4v) is 2.23. The average molecular weight is 349 g/mol. The molecule has 1 aromatic rings. The van der Waals surface area contributed by atoms with E-state index in [0.29, 0.717) is 18.8 Å². The molecule has 0 unspecified atom stereocenters. The zero-order valence-electron chi connectivity index (χ0n) is 10.9. The molecule has 0 fully saturated rings. The van der Waals surface area contributed by atoms with Gasteiger partial charge in [0.05, 0.1) is 7.11 Å². The molecule has 19 heavy (non-hydrogen) atoms. The van der Waals surface area contributed by atoms with Crippen LogP contribution < -0.4 is 15.4 Å². The van der Waals surface area contributed by atoms with E-state index >= 15 is 0 Å². The molecule has 0 saturated heterocycles. The Labute approximate surface area is 123 Å². The summed E-state index contributed by atoms with van der Waals surface area (Å²) in [5.74, 6) is 1.17. The van der Waals surface area contributed by atoms with Gasteiger partial charge in [-0.25, -0.2) is 4.79 Å². The predicted octanol–water partition coefficient (Wildman–Crippen LogP) is 1.64. The molecular formula is C12H17BrN2O3S. The van der Waals surface area contributed by atoms with Crippen molar-refractivity contribution in [2.75, 3.05) is 25.7 Å². The smallest absolute Gasteiger partial charge is 0.315 e. The number of hydrogen-bond acceptors (Lipinski definition) is 3. The molecule has 7 heteroatoms. The molecule has 0 aliphatic carbocycles. The minimum Gasteiger partial charge on any atom is -0.496 e. The minimum absolute atomic E-state index is 0.285. The molecule has 0 aliphatic rings. The Morgan fingerprint density at radius 3 is 2.79 bits per heavy atom. The molecule has 2 N–H and O–H groups in total. The number of benzene rings is 1. The molecule has 0 aliphatic heterocycles. The van der Waals surface area contributed by atoms with Crippen molar-refractivity contribution in [3.8, 4) is 5.75 Å². The number of ether oxygens (including phenoxy) is 1. The van der Waals surface area contributed by atoms with E-state index < -0.39 is 10.8 Å². The van der Waals surface area contributed by atoms with E-state index in [4.69, 9.17) is 4.74 Å². The number of amides is 2. The second-order valence-electron chi connectivity index (χ2n) is 3.84. The predicted molar refractivity (Wildman–Crippen MR) is 79.9 cm³/mol. The van der Waals surface area contributed by atoms with Crippen LogP contribution in [0.4, 0.5) is 4.79 Å². The van der Waals surface area contributed by atoms with Gasteiger partial charge in [0.2, 0.25) is 0 Å². The molecule has 0 bridgehead atoms. The molecule has 5 nitrogen and oxygen atoms in total. The molecule has 2 amide bonds. The van der Waals surface area contributed by atoms with E-state index in [1.54, 1.807) is 13.4 Å². The monoisotopic (exact) mass is 348 g/mol. The van der Waals surface area contributed by atoms with Crippen molar-refractivity contribution in [1.29, 1.82) is 0 Å². The SMILES string of the molecule is COc1ccc(Br)cc1CNC(=O)NCC[S@](C)=O. The normalized spacial score (nSPS) is 11.7. The molecular weight excluding hydrogens is 332 g/mol. The third-order valence-electron chi connectivity index (χ3n) is 2.36. The lowest BCUT2D eigenvalue weighted by atomic mass is 10.2. The third-order valence-corrected chi connectivity index (χ3v) is 3.63. The zero-order chi connectivity index (χ0) is 14.3. The van der Waals surface area contributed by atoms with Crippen molar-refractivity contribution in [2.24, 2.45) is 0 Å². The van der Waals surface area contributed by atoms with Crippen LogP contribution in [-0.2, 0) is 17.3 Å². The Morgan fingerprint density at radius 2 is 2.16 bits per heavy atom. The molecule has 1 aromatic carbocycles. The van der Waals surface area contributed by atoms with Crippen LogP contribution in [0.5, 0.6) is 5.75 Å². The van der Waals surface area contributed by atoms with Crippen LogP contribution in [0.2, 0.25) is 0 Å². The first kappa shape index (κ1) is 16.0. The Bertz CT molecular complexity index is 468. The molecule has 1 atom stereocenters. The maximum Gasteiger partial charge on any atom is 0.315 e. The highest BCUT2D eigenvalue weighted by Gasteiger charge is 2.06. The summed E-state index contributed by atoms with van der Waals surface area (Å²) in [4.78, 5) is 11.5. The first-order chi connectivity index (χ1) is 9.02. The van der Waals surface area contributed by atoms with Crippen molar-refractivity contribution in [1.82, 2.24) is 10.6 Å². The Hall–Kier alpha value is -1.08. The fraction of sp³-hybridized carbons (Fsp3) is 0.417. The van der Waals surface area contributed by atoms with E-state index in [9.17, 15) is 9.00 Å². The number of hydrogen-bond donors (Lipinski definition) is 2. The summed E-state index contributed by atoms with van der Waals surface area (Å²) in [6, 6.07) is 5.31. The van der Waals surface area contributed by atoms with Crippen molar-refractivity contribution >= 4 is 32.8 Å². The maximum absolute atomic E-state index is 11.5. The van der Waals surface area contributed by atoms with Gasteiger partial charge in [-0.15, -0.1) is 0 Å². The maximum atomic E-state index is 11.5. The number of halogens is 1. The van der Waals surface area contributed by atoms with E-state index in [0.717, 1.165) is 15.8 Å². The topological polar surface area (TPSA) is 67.4 Å². The standard InChI is InChI=1S/C12H17BrN2O3S/c1-18-11-4-3-10(13)7-9(11)8-15-12(16)14-5-6-19(2)17/h3-4,7H,5-6,8H2,1-2H3,(H2,14,15,16)/t19-/m0/s1. The summed E-state index contributed by atoms with van der Waals surface area (Å²) in [6.45, 7) is 0.758. The Kier molecular flexibility index (Phi) is 6.86. The summed E-state index contributed by atoms with van der Waals surface area (Å²) in [5.41, 5.74) is 0.881. The van der Waals surface area contributed by atoms with Gasteiger partial charge < -0.3 is 15.4 Å². The number of carbonyl (C=O) groups excluding carboxylic acids is 1. The van der Waals surface area contributed by atoms with Gasteiger partial charge in [-0.1, -0.05) is 15.9 Å². The van der Waals surface area contributed by atoms with Gasteiger partial charge >= 0.3 is 6.03 Å². The Morgan fingerprint density at radius 1 is 1.42 bits per heavy atom. The molecule has 0 aromatic heterocycles. The second kappa shape index (κ2) is 8.16. The van der Waals surface area contributed by atoms with Gasteiger partial charge in [-0.2, -0.15) is 0 Å². The van der Waals surface area contributed by atoms with Crippen molar-refractivity contribution in [3.05, 3.63) is 28.2 Å². The number of nitrogens with one attached hydrogen (secondary N) is 2. The summed E-state index contributed by atoms with van der Waals surface area (Å²) < 4.78 is 17.0. The van der Waals surface area contributed by atoms with Gasteiger partial charge in [0, 0.05) is 45.9 Å². The van der Waals surface area contributed by atoms with Gasteiger partial charge in [0.15, 0.2) is 0 Å². The molecule has 0 saturated carbocycles. The van der Waals surface area contributed by atoms with Crippen molar-refractivity contribution < 1.29 is 13.7 Å². The zero-order valence-corrected chi connectivity index (χ0v) is 13.3. The van der Waals surface area contributed by atoms with Crippen LogP contribution >= 0.6 is 15.9 Å². The third kappa shape index (κ3) is 6.07. The molecule has 0 spiro atoms.